The second-order valence-corrected chi connectivity index (χ2v) is 9.24. The molecule has 0 amide bonds. The van der Waals surface area contributed by atoms with E-state index in [9.17, 15) is 18.0 Å². The van der Waals surface area contributed by atoms with Crippen LogP contribution in [-0.4, -0.2) is 15.9 Å². The standard InChI is InChI=1S/C28H15F3N.C5H8O2.Ir/c29-28(30,31)26-16-19(15-18-6-2-4-8-21(18)26)27-25-12-11-22-20-7-3-1-5-17(20)9-10-23(22)24(25)13-14-32-27;1-4(6)3-5(2)7;/h1-14,16H;3,6H,1-2H3;/q-1;;/b;4-3-;. The third kappa shape index (κ3) is 5.76. The van der Waals surface area contributed by atoms with Gasteiger partial charge in [0.2, 0.25) is 0 Å². The Morgan fingerprint density at radius 1 is 0.800 bits per heavy atom. The summed E-state index contributed by atoms with van der Waals surface area (Å²) in [6.45, 7) is 2.85. The van der Waals surface area contributed by atoms with Crippen LogP contribution >= 0.6 is 0 Å². The minimum Gasteiger partial charge on any atom is -0.512 e. The number of pyridine rings is 1. The van der Waals surface area contributed by atoms with Gasteiger partial charge >= 0.3 is 6.18 Å². The van der Waals surface area contributed by atoms with E-state index in [0.29, 0.717) is 16.6 Å². The number of nitrogens with zero attached hydrogens (tertiary/aromatic N) is 1. The van der Waals surface area contributed by atoms with Crippen LogP contribution in [0.15, 0.2) is 103 Å². The maximum Gasteiger partial charge on any atom is 0.403 e. The number of hydrogen-bond acceptors (Lipinski definition) is 3. The van der Waals surface area contributed by atoms with Crippen molar-refractivity contribution in [2.75, 3.05) is 0 Å². The van der Waals surface area contributed by atoms with Gasteiger partial charge in [-0.15, -0.1) is 23.6 Å². The van der Waals surface area contributed by atoms with E-state index in [0.717, 1.165) is 38.4 Å². The summed E-state index contributed by atoms with van der Waals surface area (Å²) >= 11 is 0. The van der Waals surface area contributed by atoms with Crippen LogP contribution in [0.2, 0.25) is 0 Å². The van der Waals surface area contributed by atoms with Crippen molar-refractivity contribution < 1.29 is 43.2 Å². The zero-order valence-electron chi connectivity index (χ0n) is 21.5. The van der Waals surface area contributed by atoms with Crippen molar-refractivity contribution in [2.45, 2.75) is 20.0 Å². The summed E-state index contributed by atoms with van der Waals surface area (Å²) < 4.78 is 41.5. The number of fused-ring (bicyclic) bond motifs is 6. The Kier molecular flexibility index (Phi) is 8.38. The van der Waals surface area contributed by atoms with Crippen LogP contribution in [-0.2, 0) is 31.1 Å². The smallest absolute Gasteiger partial charge is 0.403 e. The number of carbonyl (C=O) groups is 1. The molecule has 40 heavy (non-hydrogen) atoms. The van der Waals surface area contributed by atoms with Gasteiger partial charge in [-0.05, 0) is 57.8 Å². The van der Waals surface area contributed by atoms with Gasteiger partial charge in [-0.25, -0.2) is 0 Å². The Morgan fingerprint density at radius 2 is 1.40 bits per heavy atom. The van der Waals surface area contributed by atoms with E-state index in [2.05, 4.69) is 35.3 Å². The number of alkyl halides is 3. The monoisotopic (exact) mass is 715 g/mol. The number of carbonyl (C=O) groups excluding carboxylic acids is 1. The second kappa shape index (κ2) is 11.6. The molecule has 0 aliphatic heterocycles. The van der Waals surface area contributed by atoms with Crippen molar-refractivity contribution in [3.05, 3.63) is 115 Å². The normalized spacial score (nSPS) is 11.8. The maximum atomic E-state index is 13.8. The molecule has 0 spiro atoms. The first kappa shape index (κ1) is 28.9. The van der Waals surface area contributed by atoms with Gasteiger partial charge in [0.15, 0.2) is 5.78 Å². The molecule has 1 aromatic heterocycles. The van der Waals surface area contributed by atoms with Crippen LogP contribution < -0.4 is 0 Å². The molecule has 0 unspecified atom stereocenters. The van der Waals surface area contributed by atoms with Crippen LogP contribution in [0.25, 0.3) is 54.3 Å². The quantitative estimate of drug-likeness (QED) is 0.0843. The first-order valence-electron chi connectivity index (χ1n) is 12.2. The molecule has 3 nitrogen and oxygen atoms in total. The number of hydrogen-bond donors (Lipinski definition) is 1. The maximum absolute atomic E-state index is 13.8. The largest absolute Gasteiger partial charge is 0.512 e. The first-order chi connectivity index (χ1) is 18.6. The fraction of sp³-hybridized carbons (Fsp3) is 0.0909. The third-order valence-electron chi connectivity index (χ3n) is 6.42. The number of halogens is 3. The number of aliphatic hydroxyl groups excluding tert-OH is 1. The summed E-state index contributed by atoms with van der Waals surface area (Å²) in [5, 5.41) is 15.1. The van der Waals surface area contributed by atoms with Gasteiger partial charge in [0.25, 0.3) is 0 Å². The molecule has 0 saturated heterocycles. The van der Waals surface area contributed by atoms with Gasteiger partial charge in [-0.1, -0.05) is 77.7 Å². The third-order valence-corrected chi connectivity index (χ3v) is 6.42. The molecule has 0 atom stereocenters. The molecule has 0 fully saturated rings. The van der Waals surface area contributed by atoms with E-state index in [1.165, 1.54) is 26.0 Å². The minimum atomic E-state index is -4.47. The molecule has 1 radical (unpaired) electrons. The fourth-order valence-corrected chi connectivity index (χ4v) is 4.85. The molecule has 5 aromatic carbocycles. The zero-order chi connectivity index (χ0) is 27.7. The fourth-order valence-electron chi connectivity index (χ4n) is 4.85. The Balaban J connectivity index is 0.000000413. The average molecular weight is 715 g/mol. The van der Waals surface area contributed by atoms with Gasteiger partial charge in [0, 0.05) is 38.1 Å². The molecular formula is C33H23F3IrNO2-. The number of aromatic nitrogens is 1. The number of benzene rings is 5. The summed E-state index contributed by atoms with van der Waals surface area (Å²) in [4.78, 5) is 14.5. The van der Waals surface area contributed by atoms with Gasteiger partial charge in [-0.2, -0.15) is 13.2 Å². The van der Waals surface area contributed by atoms with Gasteiger partial charge in [0.1, 0.15) is 0 Å². The molecule has 7 heteroatoms. The summed E-state index contributed by atoms with van der Waals surface area (Å²) in [6.07, 6.45) is -1.65. The van der Waals surface area contributed by atoms with E-state index in [1.54, 1.807) is 24.4 Å². The van der Waals surface area contributed by atoms with E-state index in [-0.39, 0.29) is 37.0 Å². The molecule has 0 aliphatic rings. The molecule has 6 aromatic rings. The molecule has 203 valence electrons. The Bertz CT molecular complexity index is 1910. The zero-order valence-corrected chi connectivity index (χ0v) is 23.9. The van der Waals surface area contributed by atoms with Crippen LogP contribution in [0, 0.1) is 6.07 Å². The van der Waals surface area contributed by atoms with Crippen LogP contribution in [0.1, 0.15) is 19.4 Å². The molecule has 1 heterocycles. The molecular weight excluding hydrogens is 692 g/mol. The number of rotatable bonds is 2. The van der Waals surface area contributed by atoms with Gasteiger partial charge < -0.3 is 5.11 Å². The predicted molar refractivity (Wildman–Crippen MR) is 151 cm³/mol. The van der Waals surface area contributed by atoms with Crippen LogP contribution in [0.5, 0.6) is 0 Å². The molecule has 6 rings (SSSR count). The second-order valence-electron chi connectivity index (χ2n) is 9.24. The summed E-state index contributed by atoms with van der Waals surface area (Å²) in [7, 11) is 0. The van der Waals surface area contributed by atoms with E-state index >= 15 is 0 Å². The van der Waals surface area contributed by atoms with E-state index < -0.39 is 11.7 Å². The van der Waals surface area contributed by atoms with Crippen molar-refractivity contribution in [1.82, 2.24) is 4.98 Å². The first-order valence-corrected chi connectivity index (χ1v) is 12.2. The Labute approximate surface area is 242 Å². The van der Waals surface area contributed by atoms with Crippen LogP contribution in [0.4, 0.5) is 13.2 Å². The number of allylic oxidation sites excluding steroid dienone is 2. The number of ketones is 1. The summed E-state index contributed by atoms with van der Waals surface area (Å²) in [6, 6.07) is 29.0. The topological polar surface area (TPSA) is 50.2 Å². The van der Waals surface area contributed by atoms with E-state index in [4.69, 9.17) is 5.11 Å². The molecule has 0 aliphatic carbocycles. The molecule has 0 bridgehead atoms. The predicted octanol–water partition coefficient (Wildman–Crippen LogP) is 9.22. The molecule has 0 saturated carbocycles. The SMILES string of the molecule is CC(=O)/C=C(/C)O.FC(F)(F)c1cc(-c2nccc3c2ccc2c4ccccc4ccc32)[c-]c2ccccc12.[Ir]. The van der Waals surface area contributed by atoms with Crippen molar-refractivity contribution in [1.29, 1.82) is 0 Å². The van der Waals surface area contributed by atoms with Crippen LogP contribution in [0.3, 0.4) is 0 Å². The van der Waals surface area contributed by atoms with E-state index in [1.807, 2.05) is 30.3 Å². The average Bonchev–Trinajstić information content (AvgIpc) is 2.90. The van der Waals surface area contributed by atoms with Crippen molar-refractivity contribution in [2.24, 2.45) is 0 Å². The minimum absolute atomic E-state index is 0. The van der Waals surface area contributed by atoms with Crippen molar-refractivity contribution in [3.63, 3.8) is 0 Å². The Hall–Kier alpha value is -4.06. The van der Waals surface area contributed by atoms with Crippen molar-refractivity contribution >= 4 is 48.9 Å². The molecule has 1 N–H and O–H groups in total. The van der Waals surface area contributed by atoms with Gasteiger partial charge in [0.05, 0.1) is 5.76 Å². The number of aliphatic hydroxyl groups is 1. The van der Waals surface area contributed by atoms with Crippen molar-refractivity contribution in [3.8, 4) is 11.3 Å². The van der Waals surface area contributed by atoms with Gasteiger partial charge in [-0.3, -0.25) is 9.78 Å². The Morgan fingerprint density at radius 3 is 2.08 bits per heavy atom. The summed E-state index contributed by atoms with van der Waals surface area (Å²) in [5.41, 5.74) is 0.156. The summed E-state index contributed by atoms with van der Waals surface area (Å²) in [5.74, 6) is -0.0625.